The molecule has 1 aromatic carbocycles. The summed E-state index contributed by atoms with van der Waals surface area (Å²) in [5.41, 5.74) is 2.39. The number of carbonyl (C=O) groups is 1. The molecule has 20 heavy (non-hydrogen) atoms. The van der Waals surface area contributed by atoms with Crippen LogP contribution in [-0.2, 0) is 6.54 Å². The Morgan fingerprint density at radius 1 is 1.30 bits per heavy atom. The molecule has 0 aliphatic carbocycles. The van der Waals surface area contributed by atoms with Crippen molar-refractivity contribution in [3.05, 3.63) is 58.3 Å². The minimum atomic E-state index is -0.134. The van der Waals surface area contributed by atoms with Crippen molar-refractivity contribution in [1.82, 2.24) is 10.3 Å². The van der Waals surface area contributed by atoms with Crippen LogP contribution in [0.2, 0.25) is 0 Å². The molecule has 0 saturated heterocycles. The van der Waals surface area contributed by atoms with E-state index in [2.05, 4.69) is 31.5 Å². The molecule has 104 valence electrons. The Balaban J connectivity index is 2.07. The van der Waals surface area contributed by atoms with Crippen molar-refractivity contribution in [2.75, 3.05) is 11.9 Å². The number of hydrogen-bond donors (Lipinski definition) is 2. The molecule has 0 aliphatic rings. The van der Waals surface area contributed by atoms with Gasteiger partial charge in [-0.2, -0.15) is 0 Å². The number of nitrogens with one attached hydrogen (secondary N) is 2. The van der Waals surface area contributed by atoms with E-state index in [9.17, 15) is 4.79 Å². The van der Waals surface area contributed by atoms with Crippen LogP contribution in [0, 0.1) is 0 Å². The highest BCUT2D eigenvalue weighted by Gasteiger charge is 2.11. The number of aromatic nitrogens is 1. The third-order valence-corrected chi connectivity index (χ3v) is 3.60. The van der Waals surface area contributed by atoms with Crippen LogP contribution in [0.5, 0.6) is 0 Å². The van der Waals surface area contributed by atoms with Gasteiger partial charge in [-0.05, 0) is 24.6 Å². The SMILES string of the molecule is CCNc1ccncc1C(=O)NCc1ccccc1Br. The van der Waals surface area contributed by atoms with Gasteiger partial charge in [0, 0.05) is 30.0 Å². The zero-order valence-electron chi connectivity index (χ0n) is 11.2. The predicted molar refractivity (Wildman–Crippen MR) is 83.7 cm³/mol. The standard InChI is InChI=1S/C15H16BrN3O/c1-2-18-14-7-8-17-10-12(14)15(20)19-9-11-5-3-4-6-13(11)16/h3-8,10H,2,9H2,1H3,(H,17,18)(H,19,20). The molecule has 0 radical (unpaired) electrons. The number of hydrogen-bond acceptors (Lipinski definition) is 3. The van der Waals surface area contributed by atoms with Gasteiger partial charge in [0.15, 0.2) is 0 Å². The van der Waals surface area contributed by atoms with Crippen LogP contribution >= 0.6 is 15.9 Å². The summed E-state index contributed by atoms with van der Waals surface area (Å²) in [6, 6.07) is 9.62. The van der Waals surface area contributed by atoms with Gasteiger partial charge in [0.1, 0.15) is 0 Å². The fraction of sp³-hybridized carbons (Fsp3) is 0.200. The van der Waals surface area contributed by atoms with Crippen LogP contribution in [0.25, 0.3) is 0 Å². The van der Waals surface area contributed by atoms with E-state index in [0.717, 1.165) is 22.3 Å². The van der Waals surface area contributed by atoms with Crippen LogP contribution in [0.4, 0.5) is 5.69 Å². The zero-order chi connectivity index (χ0) is 14.4. The number of carbonyl (C=O) groups excluding carboxylic acids is 1. The fourth-order valence-corrected chi connectivity index (χ4v) is 2.26. The second-order valence-electron chi connectivity index (χ2n) is 4.23. The van der Waals surface area contributed by atoms with Crippen LogP contribution in [-0.4, -0.2) is 17.4 Å². The molecule has 1 heterocycles. The maximum atomic E-state index is 12.2. The van der Waals surface area contributed by atoms with Crippen LogP contribution in [0.1, 0.15) is 22.8 Å². The van der Waals surface area contributed by atoms with Gasteiger partial charge in [-0.15, -0.1) is 0 Å². The van der Waals surface area contributed by atoms with Gasteiger partial charge in [0.05, 0.1) is 11.3 Å². The summed E-state index contributed by atoms with van der Waals surface area (Å²) in [6.07, 6.45) is 3.25. The van der Waals surface area contributed by atoms with Crippen LogP contribution in [0.15, 0.2) is 47.2 Å². The molecule has 2 aromatic rings. The molecule has 0 fully saturated rings. The van der Waals surface area contributed by atoms with Crippen molar-refractivity contribution in [3.63, 3.8) is 0 Å². The Morgan fingerprint density at radius 3 is 2.85 bits per heavy atom. The van der Waals surface area contributed by atoms with E-state index >= 15 is 0 Å². The lowest BCUT2D eigenvalue weighted by Crippen LogP contribution is -2.24. The maximum Gasteiger partial charge on any atom is 0.255 e. The summed E-state index contributed by atoms with van der Waals surface area (Å²) in [4.78, 5) is 16.2. The molecule has 1 amide bonds. The number of halogens is 1. The van der Waals surface area contributed by atoms with Crippen LogP contribution in [0.3, 0.4) is 0 Å². The molecular formula is C15H16BrN3O. The van der Waals surface area contributed by atoms with E-state index in [-0.39, 0.29) is 5.91 Å². The molecule has 2 N–H and O–H groups in total. The summed E-state index contributed by atoms with van der Waals surface area (Å²) < 4.78 is 0.985. The molecular weight excluding hydrogens is 318 g/mol. The number of amides is 1. The molecule has 0 unspecified atom stereocenters. The number of benzene rings is 1. The molecule has 0 saturated carbocycles. The van der Waals surface area contributed by atoms with Gasteiger partial charge in [-0.3, -0.25) is 9.78 Å². The number of nitrogens with zero attached hydrogens (tertiary/aromatic N) is 1. The van der Waals surface area contributed by atoms with E-state index in [4.69, 9.17) is 0 Å². The number of rotatable bonds is 5. The molecule has 1 aromatic heterocycles. The van der Waals surface area contributed by atoms with Gasteiger partial charge in [-0.1, -0.05) is 34.1 Å². The molecule has 0 aliphatic heterocycles. The van der Waals surface area contributed by atoms with Gasteiger partial charge in [0.25, 0.3) is 5.91 Å². The summed E-state index contributed by atoms with van der Waals surface area (Å²) in [5.74, 6) is -0.134. The lowest BCUT2D eigenvalue weighted by molar-refractivity contribution is 0.0951. The van der Waals surface area contributed by atoms with Gasteiger partial charge in [0.2, 0.25) is 0 Å². The first-order valence-electron chi connectivity index (χ1n) is 6.42. The summed E-state index contributed by atoms with van der Waals surface area (Å²) >= 11 is 3.47. The second-order valence-corrected chi connectivity index (χ2v) is 5.08. The average molecular weight is 334 g/mol. The fourth-order valence-electron chi connectivity index (χ4n) is 1.83. The molecule has 5 heteroatoms. The van der Waals surface area contributed by atoms with Gasteiger partial charge < -0.3 is 10.6 Å². The van der Waals surface area contributed by atoms with E-state index in [1.165, 1.54) is 0 Å². The monoisotopic (exact) mass is 333 g/mol. The third kappa shape index (κ3) is 3.57. The Kier molecular flexibility index (Phi) is 5.12. The van der Waals surface area contributed by atoms with Crippen molar-refractivity contribution < 1.29 is 4.79 Å². The lowest BCUT2D eigenvalue weighted by atomic mass is 10.2. The third-order valence-electron chi connectivity index (χ3n) is 2.83. The van der Waals surface area contributed by atoms with Crippen LogP contribution < -0.4 is 10.6 Å². The second kappa shape index (κ2) is 7.05. The van der Waals surface area contributed by atoms with E-state index in [1.54, 1.807) is 18.5 Å². The molecule has 0 bridgehead atoms. The summed E-state index contributed by atoms with van der Waals surface area (Å²) in [5, 5.41) is 6.06. The van der Waals surface area contributed by atoms with Crippen molar-refractivity contribution in [3.8, 4) is 0 Å². The minimum absolute atomic E-state index is 0.134. The normalized spacial score (nSPS) is 10.1. The Labute approximate surface area is 126 Å². The topological polar surface area (TPSA) is 54.0 Å². The highest BCUT2D eigenvalue weighted by atomic mass is 79.9. The van der Waals surface area contributed by atoms with Crippen molar-refractivity contribution >= 4 is 27.5 Å². The smallest absolute Gasteiger partial charge is 0.255 e. The summed E-state index contributed by atoms with van der Waals surface area (Å²) in [6.45, 7) is 3.22. The molecule has 0 spiro atoms. The van der Waals surface area contributed by atoms with Gasteiger partial charge >= 0.3 is 0 Å². The van der Waals surface area contributed by atoms with E-state index in [1.807, 2.05) is 31.2 Å². The Morgan fingerprint density at radius 2 is 2.10 bits per heavy atom. The van der Waals surface area contributed by atoms with E-state index < -0.39 is 0 Å². The van der Waals surface area contributed by atoms with Crippen molar-refractivity contribution in [2.45, 2.75) is 13.5 Å². The Hall–Kier alpha value is -1.88. The molecule has 0 atom stereocenters. The quantitative estimate of drug-likeness (QED) is 0.883. The van der Waals surface area contributed by atoms with E-state index in [0.29, 0.717) is 12.1 Å². The van der Waals surface area contributed by atoms with Gasteiger partial charge in [-0.25, -0.2) is 0 Å². The average Bonchev–Trinajstić information content (AvgIpc) is 2.47. The first-order valence-corrected chi connectivity index (χ1v) is 7.21. The summed E-state index contributed by atoms with van der Waals surface area (Å²) in [7, 11) is 0. The highest BCUT2D eigenvalue weighted by Crippen LogP contribution is 2.17. The Bertz CT molecular complexity index is 601. The van der Waals surface area contributed by atoms with Crippen molar-refractivity contribution in [2.24, 2.45) is 0 Å². The lowest BCUT2D eigenvalue weighted by Gasteiger charge is -2.11. The first-order chi connectivity index (χ1) is 9.72. The first kappa shape index (κ1) is 14.5. The number of pyridine rings is 1. The zero-order valence-corrected chi connectivity index (χ0v) is 12.8. The minimum Gasteiger partial charge on any atom is -0.385 e. The largest absolute Gasteiger partial charge is 0.385 e. The van der Waals surface area contributed by atoms with Crippen molar-refractivity contribution in [1.29, 1.82) is 0 Å². The predicted octanol–water partition coefficient (Wildman–Crippen LogP) is 3.21. The number of anilines is 1. The molecule has 2 rings (SSSR count). The maximum absolute atomic E-state index is 12.2. The highest BCUT2D eigenvalue weighted by molar-refractivity contribution is 9.10. The molecule has 4 nitrogen and oxygen atoms in total.